The van der Waals surface area contributed by atoms with Crippen LogP contribution in [0.2, 0.25) is 5.02 Å². The number of carbonyl (C=O) groups excluding carboxylic acids is 2. The highest BCUT2D eigenvalue weighted by Crippen LogP contribution is 2.20. The molecule has 0 aliphatic rings. The van der Waals surface area contributed by atoms with Gasteiger partial charge in [0.2, 0.25) is 0 Å². The highest BCUT2D eigenvalue weighted by Gasteiger charge is 2.11. The van der Waals surface area contributed by atoms with E-state index in [0.29, 0.717) is 23.4 Å². The van der Waals surface area contributed by atoms with E-state index in [2.05, 4.69) is 5.32 Å². The molecule has 2 rings (SSSR count). The molecule has 7 heteroatoms. The number of nitriles is 1. The number of nitrogens with zero attached hydrogens (tertiary/aromatic N) is 1. The van der Waals surface area contributed by atoms with Gasteiger partial charge in [0.05, 0.1) is 17.7 Å². The minimum Gasteiger partial charge on any atom is -0.496 e. The van der Waals surface area contributed by atoms with Gasteiger partial charge in [0.15, 0.2) is 6.61 Å². The SMILES string of the molecule is COc1ccccc1CCC(=O)OCC(=O)Nc1ccc(C#N)c(Cl)c1. The molecule has 0 aromatic heterocycles. The van der Waals surface area contributed by atoms with Crippen molar-refractivity contribution in [2.75, 3.05) is 19.0 Å². The maximum absolute atomic E-state index is 11.8. The fourth-order valence-electron chi connectivity index (χ4n) is 2.25. The van der Waals surface area contributed by atoms with Gasteiger partial charge < -0.3 is 14.8 Å². The number of para-hydroxylation sites is 1. The Bertz CT molecular complexity index is 846. The summed E-state index contributed by atoms with van der Waals surface area (Å²) in [4.78, 5) is 23.7. The molecule has 0 heterocycles. The molecule has 0 saturated heterocycles. The first-order valence-electron chi connectivity index (χ1n) is 7.80. The Morgan fingerprint density at radius 1 is 1.23 bits per heavy atom. The second-order valence-electron chi connectivity index (χ2n) is 5.33. The number of methoxy groups -OCH3 is 1. The number of amides is 1. The van der Waals surface area contributed by atoms with Crippen LogP contribution in [-0.4, -0.2) is 25.6 Å². The van der Waals surface area contributed by atoms with Crippen molar-refractivity contribution in [1.82, 2.24) is 0 Å². The van der Waals surface area contributed by atoms with Crippen LogP contribution in [0, 0.1) is 11.3 Å². The molecule has 0 unspecified atom stereocenters. The van der Waals surface area contributed by atoms with E-state index in [1.807, 2.05) is 30.3 Å². The smallest absolute Gasteiger partial charge is 0.306 e. The number of benzene rings is 2. The summed E-state index contributed by atoms with van der Waals surface area (Å²) < 4.78 is 10.2. The average molecular weight is 373 g/mol. The lowest BCUT2D eigenvalue weighted by Gasteiger charge is -2.09. The molecule has 0 spiro atoms. The molecule has 0 bridgehead atoms. The van der Waals surface area contributed by atoms with Crippen molar-refractivity contribution in [3.05, 3.63) is 58.6 Å². The first-order valence-corrected chi connectivity index (χ1v) is 8.18. The van der Waals surface area contributed by atoms with Crippen molar-refractivity contribution in [1.29, 1.82) is 5.26 Å². The summed E-state index contributed by atoms with van der Waals surface area (Å²) in [6, 6.07) is 13.8. The second kappa shape index (κ2) is 9.44. The van der Waals surface area contributed by atoms with E-state index in [-0.39, 0.29) is 11.4 Å². The van der Waals surface area contributed by atoms with E-state index in [1.165, 1.54) is 12.1 Å². The van der Waals surface area contributed by atoms with Gasteiger partial charge in [0.25, 0.3) is 5.91 Å². The van der Waals surface area contributed by atoms with E-state index in [1.54, 1.807) is 13.2 Å². The Hall–Kier alpha value is -3.04. The number of carbonyl (C=O) groups is 2. The highest BCUT2D eigenvalue weighted by molar-refractivity contribution is 6.32. The molecule has 0 fully saturated rings. The number of hydrogen-bond acceptors (Lipinski definition) is 5. The van der Waals surface area contributed by atoms with Crippen LogP contribution in [-0.2, 0) is 20.7 Å². The van der Waals surface area contributed by atoms with Crippen LogP contribution in [0.4, 0.5) is 5.69 Å². The number of hydrogen-bond donors (Lipinski definition) is 1. The molecule has 26 heavy (non-hydrogen) atoms. The molecule has 2 aromatic rings. The molecular formula is C19H17ClN2O4. The van der Waals surface area contributed by atoms with Crippen molar-refractivity contribution >= 4 is 29.2 Å². The number of anilines is 1. The van der Waals surface area contributed by atoms with Gasteiger partial charge in [-0.2, -0.15) is 5.26 Å². The topological polar surface area (TPSA) is 88.4 Å². The van der Waals surface area contributed by atoms with Crippen molar-refractivity contribution in [2.24, 2.45) is 0 Å². The van der Waals surface area contributed by atoms with E-state index in [9.17, 15) is 9.59 Å². The van der Waals surface area contributed by atoms with Gasteiger partial charge >= 0.3 is 5.97 Å². The Labute approximate surface area is 156 Å². The quantitative estimate of drug-likeness (QED) is 0.753. The Morgan fingerprint density at radius 2 is 2.00 bits per heavy atom. The largest absolute Gasteiger partial charge is 0.496 e. The Morgan fingerprint density at radius 3 is 2.69 bits per heavy atom. The van der Waals surface area contributed by atoms with Crippen LogP contribution in [0.25, 0.3) is 0 Å². The molecule has 0 atom stereocenters. The van der Waals surface area contributed by atoms with Gasteiger partial charge in [0, 0.05) is 12.1 Å². The average Bonchev–Trinajstić information content (AvgIpc) is 2.65. The maximum atomic E-state index is 11.8. The number of ether oxygens (including phenoxy) is 2. The van der Waals surface area contributed by atoms with Crippen LogP contribution in [0.3, 0.4) is 0 Å². The van der Waals surface area contributed by atoms with Crippen LogP contribution in [0.15, 0.2) is 42.5 Å². The molecular weight excluding hydrogens is 356 g/mol. The minimum atomic E-state index is -0.489. The first kappa shape index (κ1) is 19.3. The zero-order chi connectivity index (χ0) is 18.9. The van der Waals surface area contributed by atoms with E-state index < -0.39 is 18.5 Å². The number of halogens is 1. The Balaban J connectivity index is 1.79. The van der Waals surface area contributed by atoms with E-state index >= 15 is 0 Å². The van der Waals surface area contributed by atoms with Crippen molar-refractivity contribution in [3.8, 4) is 11.8 Å². The van der Waals surface area contributed by atoms with Crippen LogP contribution >= 0.6 is 11.6 Å². The number of rotatable bonds is 7. The van der Waals surface area contributed by atoms with Gasteiger partial charge in [-0.25, -0.2) is 0 Å². The van der Waals surface area contributed by atoms with Crippen molar-refractivity contribution in [3.63, 3.8) is 0 Å². The van der Waals surface area contributed by atoms with Gasteiger partial charge in [-0.05, 0) is 36.2 Å². The predicted molar refractivity (Wildman–Crippen MR) is 97.1 cm³/mol. The molecule has 1 N–H and O–H groups in total. The monoisotopic (exact) mass is 372 g/mol. The van der Waals surface area contributed by atoms with Crippen LogP contribution < -0.4 is 10.1 Å². The molecule has 6 nitrogen and oxygen atoms in total. The summed E-state index contributed by atoms with van der Waals surface area (Å²) in [6.45, 7) is -0.400. The number of esters is 1. The fourth-order valence-corrected chi connectivity index (χ4v) is 2.47. The van der Waals surface area contributed by atoms with Gasteiger partial charge in [-0.1, -0.05) is 29.8 Å². The summed E-state index contributed by atoms with van der Waals surface area (Å²) in [5.41, 5.74) is 1.63. The predicted octanol–water partition coefficient (Wildman–Crippen LogP) is 3.33. The van der Waals surface area contributed by atoms with Gasteiger partial charge in [-0.15, -0.1) is 0 Å². The zero-order valence-electron chi connectivity index (χ0n) is 14.1. The lowest BCUT2D eigenvalue weighted by Crippen LogP contribution is -2.21. The molecule has 0 aliphatic carbocycles. The summed E-state index contributed by atoms with van der Waals surface area (Å²) >= 11 is 5.90. The Kier molecular flexibility index (Phi) is 7.01. The van der Waals surface area contributed by atoms with Crippen molar-refractivity contribution < 1.29 is 19.1 Å². The standard InChI is InChI=1S/C19H17ClN2O4/c1-25-17-5-3-2-4-13(17)7-9-19(24)26-12-18(23)22-15-8-6-14(11-21)16(20)10-15/h2-6,8,10H,7,9,12H2,1H3,(H,22,23). The normalized spacial score (nSPS) is 9.88. The third-order valence-corrected chi connectivity index (χ3v) is 3.84. The first-order chi connectivity index (χ1) is 12.5. The van der Waals surface area contributed by atoms with E-state index in [0.717, 1.165) is 5.56 Å². The summed E-state index contributed by atoms with van der Waals surface area (Å²) in [5.74, 6) is -0.268. The third kappa shape index (κ3) is 5.50. The summed E-state index contributed by atoms with van der Waals surface area (Å²) in [6.07, 6.45) is 0.589. The summed E-state index contributed by atoms with van der Waals surface area (Å²) in [5, 5.41) is 11.6. The zero-order valence-corrected chi connectivity index (χ0v) is 14.9. The lowest BCUT2D eigenvalue weighted by molar-refractivity contribution is -0.147. The second-order valence-corrected chi connectivity index (χ2v) is 5.73. The lowest BCUT2D eigenvalue weighted by atomic mass is 10.1. The van der Waals surface area contributed by atoms with Crippen LogP contribution in [0.5, 0.6) is 5.75 Å². The van der Waals surface area contributed by atoms with Gasteiger partial charge in [-0.3, -0.25) is 9.59 Å². The highest BCUT2D eigenvalue weighted by atomic mass is 35.5. The van der Waals surface area contributed by atoms with Crippen molar-refractivity contribution in [2.45, 2.75) is 12.8 Å². The molecule has 2 aromatic carbocycles. The molecule has 0 radical (unpaired) electrons. The molecule has 134 valence electrons. The number of nitrogens with one attached hydrogen (secondary N) is 1. The van der Waals surface area contributed by atoms with Crippen LogP contribution in [0.1, 0.15) is 17.5 Å². The minimum absolute atomic E-state index is 0.135. The summed E-state index contributed by atoms with van der Waals surface area (Å²) in [7, 11) is 1.57. The van der Waals surface area contributed by atoms with E-state index in [4.69, 9.17) is 26.3 Å². The molecule has 0 aliphatic heterocycles. The van der Waals surface area contributed by atoms with Gasteiger partial charge in [0.1, 0.15) is 11.8 Å². The number of aryl methyl sites for hydroxylation is 1. The maximum Gasteiger partial charge on any atom is 0.306 e. The molecule has 1 amide bonds. The third-order valence-electron chi connectivity index (χ3n) is 3.53. The molecule has 0 saturated carbocycles. The fraction of sp³-hybridized carbons (Fsp3) is 0.211.